The van der Waals surface area contributed by atoms with E-state index in [-0.39, 0.29) is 18.2 Å². The second kappa shape index (κ2) is 9.82. The molecule has 0 fully saturated rings. The number of fused-ring (bicyclic) bond motifs is 1. The average molecular weight is 435 g/mol. The molecule has 1 aliphatic rings. The van der Waals surface area contributed by atoms with E-state index in [0.717, 1.165) is 11.1 Å². The van der Waals surface area contributed by atoms with Gasteiger partial charge < -0.3 is 19.2 Å². The summed E-state index contributed by atoms with van der Waals surface area (Å²) < 4.78 is 42.7. The Hall–Kier alpha value is -2.78. The molecule has 0 atom stereocenters. The number of sulfonamides is 1. The van der Waals surface area contributed by atoms with E-state index in [1.54, 1.807) is 32.4 Å². The van der Waals surface area contributed by atoms with Crippen LogP contribution in [0.15, 0.2) is 41.0 Å². The number of methoxy groups -OCH3 is 2. The lowest BCUT2D eigenvalue weighted by Crippen LogP contribution is -2.38. The maximum atomic E-state index is 12.7. The SMILES string of the molecule is COc1cc2c(cc1OC)CN(S(=O)(=O)CCCNC(=O)/C=C/c1ccco1)CC2. The highest BCUT2D eigenvalue weighted by atomic mass is 32.2. The van der Waals surface area contributed by atoms with Gasteiger partial charge in [-0.25, -0.2) is 8.42 Å². The second-order valence-corrected chi connectivity index (χ2v) is 8.96. The normalized spacial score (nSPS) is 14.5. The molecule has 1 aromatic heterocycles. The van der Waals surface area contributed by atoms with Crippen LogP contribution in [-0.2, 0) is 27.8 Å². The molecule has 0 unspecified atom stereocenters. The lowest BCUT2D eigenvalue weighted by atomic mass is 10.0. The van der Waals surface area contributed by atoms with Crippen molar-refractivity contribution < 1.29 is 27.1 Å². The molecule has 0 aliphatic carbocycles. The summed E-state index contributed by atoms with van der Waals surface area (Å²) in [6.07, 6.45) is 5.38. The number of carbonyl (C=O) groups is 1. The number of ether oxygens (including phenoxy) is 2. The Bertz CT molecular complexity index is 999. The number of furan rings is 1. The fraction of sp³-hybridized carbons (Fsp3) is 0.381. The Balaban J connectivity index is 1.51. The number of amides is 1. The Morgan fingerprint density at radius 1 is 1.23 bits per heavy atom. The summed E-state index contributed by atoms with van der Waals surface area (Å²) in [5, 5.41) is 2.68. The van der Waals surface area contributed by atoms with Gasteiger partial charge in [0.2, 0.25) is 15.9 Å². The summed E-state index contributed by atoms with van der Waals surface area (Å²) >= 11 is 0. The third-order valence-electron chi connectivity index (χ3n) is 4.90. The molecule has 2 aromatic rings. The molecule has 1 aliphatic heterocycles. The number of nitrogens with zero attached hydrogens (tertiary/aromatic N) is 1. The first-order valence-corrected chi connectivity index (χ1v) is 11.2. The van der Waals surface area contributed by atoms with Gasteiger partial charge in [-0.3, -0.25) is 4.79 Å². The van der Waals surface area contributed by atoms with Gasteiger partial charge >= 0.3 is 0 Å². The molecule has 3 rings (SSSR count). The Kier molecular flexibility index (Phi) is 7.17. The van der Waals surface area contributed by atoms with Crippen LogP contribution in [0.1, 0.15) is 23.3 Å². The van der Waals surface area contributed by atoms with E-state index < -0.39 is 10.0 Å². The smallest absolute Gasteiger partial charge is 0.244 e. The zero-order chi connectivity index (χ0) is 21.6. The Morgan fingerprint density at radius 2 is 1.97 bits per heavy atom. The number of nitrogens with one attached hydrogen (secondary N) is 1. The van der Waals surface area contributed by atoms with Crippen molar-refractivity contribution in [1.82, 2.24) is 9.62 Å². The largest absolute Gasteiger partial charge is 0.493 e. The van der Waals surface area contributed by atoms with Crippen LogP contribution >= 0.6 is 0 Å². The summed E-state index contributed by atoms with van der Waals surface area (Å²) in [4.78, 5) is 11.8. The third-order valence-corrected chi connectivity index (χ3v) is 6.80. The first kappa shape index (κ1) is 21.9. The molecular formula is C21H26N2O6S. The quantitative estimate of drug-likeness (QED) is 0.480. The van der Waals surface area contributed by atoms with Gasteiger partial charge in [0.05, 0.1) is 26.2 Å². The van der Waals surface area contributed by atoms with E-state index in [9.17, 15) is 13.2 Å². The predicted molar refractivity (Wildman–Crippen MR) is 113 cm³/mol. The first-order chi connectivity index (χ1) is 14.4. The molecule has 1 amide bonds. The first-order valence-electron chi connectivity index (χ1n) is 9.64. The number of hydrogen-bond acceptors (Lipinski definition) is 6. The van der Waals surface area contributed by atoms with Gasteiger partial charge in [0.1, 0.15) is 5.76 Å². The summed E-state index contributed by atoms with van der Waals surface area (Å²) in [5.41, 5.74) is 1.98. The molecule has 1 N–H and O–H groups in total. The van der Waals surface area contributed by atoms with Crippen molar-refractivity contribution in [3.05, 3.63) is 53.5 Å². The van der Waals surface area contributed by atoms with E-state index in [2.05, 4.69) is 5.32 Å². The summed E-state index contributed by atoms with van der Waals surface area (Å²) in [7, 11) is -0.296. The minimum atomic E-state index is -3.43. The Labute approximate surface area is 176 Å². The third kappa shape index (κ3) is 5.43. The molecule has 2 heterocycles. The number of benzene rings is 1. The average Bonchev–Trinajstić information content (AvgIpc) is 3.27. The van der Waals surface area contributed by atoms with Gasteiger partial charge in [0, 0.05) is 25.7 Å². The fourth-order valence-electron chi connectivity index (χ4n) is 3.29. The molecule has 0 saturated carbocycles. The zero-order valence-corrected chi connectivity index (χ0v) is 17.9. The number of carbonyl (C=O) groups excluding carboxylic acids is 1. The van der Waals surface area contributed by atoms with Gasteiger partial charge in [-0.15, -0.1) is 0 Å². The number of hydrogen-bond donors (Lipinski definition) is 1. The molecule has 0 bridgehead atoms. The van der Waals surface area contributed by atoms with E-state index in [0.29, 0.717) is 43.2 Å². The summed E-state index contributed by atoms with van der Waals surface area (Å²) in [5.74, 6) is 1.48. The predicted octanol–water partition coefficient (Wildman–Crippen LogP) is 2.20. The highest BCUT2D eigenvalue weighted by Gasteiger charge is 2.27. The maximum Gasteiger partial charge on any atom is 0.244 e. The van der Waals surface area contributed by atoms with Crippen LogP contribution in [0.5, 0.6) is 11.5 Å². The van der Waals surface area contributed by atoms with Crippen LogP contribution in [0.3, 0.4) is 0 Å². The van der Waals surface area contributed by atoms with Crippen LogP contribution in [0.2, 0.25) is 0 Å². The lowest BCUT2D eigenvalue weighted by molar-refractivity contribution is -0.116. The zero-order valence-electron chi connectivity index (χ0n) is 17.1. The van der Waals surface area contributed by atoms with Crippen LogP contribution in [-0.4, -0.2) is 51.7 Å². The standard InChI is InChI=1S/C21H26N2O6S/c1-27-19-13-16-8-10-23(15-17(16)14-20(19)28-2)30(25,26)12-4-9-22-21(24)7-6-18-5-3-11-29-18/h3,5-7,11,13-14H,4,8-10,12,15H2,1-2H3,(H,22,24)/b7-6+. The maximum absolute atomic E-state index is 12.7. The van der Waals surface area contributed by atoms with Crippen molar-refractivity contribution in [1.29, 1.82) is 0 Å². The second-order valence-electron chi connectivity index (χ2n) is 6.87. The van der Waals surface area contributed by atoms with Crippen LogP contribution < -0.4 is 14.8 Å². The van der Waals surface area contributed by atoms with Crippen molar-refractivity contribution >= 4 is 22.0 Å². The van der Waals surface area contributed by atoms with Crippen molar-refractivity contribution in [3.8, 4) is 11.5 Å². The van der Waals surface area contributed by atoms with E-state index in [1.165, 1.54) is 16.6 Å². The Morgan fingerprint density at radius 3 is 2.63 bits per heavy atom. The minimum Gasteiger partial charge on any atom is -0.493 e. The van der Waals surface area contributed by atoms with Gasteiger partial charge in [-0.1, -0.05) is 0 Å². The molecule has 0 radical (unpaired) electrons. The summed E-state index contributed by atoms with van der Waals surface area (Å²) in [6, 6.07) is 7.21. The monoisotopic (exact) mass is 434 g/mol. The molecule has 9 heteroatoms. The van der Waals surface area contributed by atoms with Gasteiger partial charge in [0.15, 0.2) is 11.5 Å². The molecule has 8 nitrogen and oxygen atoms in total. The summed E-state index contributed by atoms with van der Waals surface area (Å²) in [6.45, 7) is 0.995. The van der Waals surface area contributed by atoms with Crippen molar-refractivity contribution in [2.24, 2.45) is 0 Å². The van der Waals surface area contributed by atoms with Crippen LogP contribution in [0.4, 0.5) is 0 Å². The molecule has 0 spiro atoms. The molecule has 162 valence electrons. The van der Waals surface area contributed by atoms with E-state index in [4.69, 9.17) is 13.9 Å². The van der Waals surface area contributed by atoms with Crippen molar-refractivity contribution in [2.45, 2.75) is 19.4 Å². The lowest BCUT2D eigenvalue weighted by Gasteiger charge is -2.29. The highest BCUT2D eigenvalue weighted by molar-refractivity contribution is 7.89. The molecular weight excluding hydrogens is 408 g/mol. The molecule has 1 aromatic carbocycles. The van der Waals surface area contributed by atoms with Gasteiger partial charge in [-0.2, -0.15) is 4.31 Å². The topological polar surface area (TPSA) is 98.1 Å². The van der Waals surface area contributed by atoms with Crippen molar-refractivity contribution in [2.75, 3.05) is 33.1 Å². The highest BCUT2D eigenvalue weighted by Crippen LogP contribution is 2.33. The van der Waals surface area contributed by atoms with Crippen LogP contribution in [0.25, 0.3) is 6.08 Å². The van der Waals surface area contributed by atoms with E-state index >= 15 is 0 Å². The molecule has 0 saturated heterocycles. The fourth-order valence-corrected chi connectivity index (χ4v) is 4.77. The minimum absolute atomic E-state index is 0.0300. The number of rotatable bonds is 9. The van der Waals surface area contributed by atoms with Gasteiger partial charge in [-0.05, 0) is 54.3 Å². The molecule has 30 heavy (non-hydrogen) atoms. The van der Waals surface area contributed by atoms with E-state index in [1.807, 2.05) is 12.1 Å². The van der Waals surface area contributed by atoms with Crippen LogP contribution in [0, 0.1) is 0 Å². The van der Waals surface area contributed by atoms with Gasteiger partial charge in [0.25, 0.3) is 0 Å². The van der Waals surface area contributed by atoms with Crippen molar-refractivity contribution in [3.63, 3.8) is 0 Å².